The smallest absolute Gasteiger partial charge is 1.00 e. The third kappa shape index (κ3) is 151. The average molecular weight is 173 g/mol. The molecule has 0 aliphatic heterocycles. The van der Waals surface area contributed by atoms with Crippen molar-refractivity contribution in [3.05, 3.63) is 0 Å². The molecule has 0 atom stereocenters. The molecule has 0 heterocycles. The number of hydrogen-bond donors (Lipinski definition) is 3. The molecular formula is H8KNO5S. The van der Waals surface area contributed by atoms with Crippen LogP contribution in [0.3, 0.4) is 0 Å². The van der Waals surface area contributed by atoms with Gasteiger partial charge in [-0.2, -0.15) is 8.42 Å². The molecule has 0 bridgehead atoms. The van der Waals surface area contributed by atoms with Crippen molar-refractivity contribution in [1.29, 1.82) is 0 Å². The largest absolute Gasteiger partial charge is 1.00 e. The first kappa shape index (κ1) is 22.7. The van der Waals surface area contributed by atoms with Gasteiger partial charge in [0.2, 0.25) is 0 Å². The summed E-state index contributed by atoms with van der Waals surface area (Å²) in [6.07, 6.45) is 0. The van der Waals surface area contributed by atoms with Gasteiger partial charge >= 0.3 is 61.8 Å². The van der Waals surface area contributed by atoms with Gasteiger partial charge in [0, 0.05) is 0 Å². The Morgan fingerprint density at radius 3 is 1.25 bits per heavy atom. The maximum Gasteiger partial charge on any atom is 1.00 e. The summed E-state index contributed by atoms with van der Waals surface area (Å²) in [5.74, 6) is 0. The Labute approximate surface area is 91.0 Å². The van der Waals surface area contributed by atoms with E-state index in [-0.39, 0.29) is 64.4 Å². The molecule has 0 aromatic carbocycles. The second-order valence-electron chi connectivity index (χ2n) is 0.448. The molecule has 0 aromatic heterocycles. The normalized spacial score (nSPS) is 7.25. The summed E-state index contributed by atoms with van der Waals surface area (Å²) >= 11 is 0. The van der Waals surface area contributed by atoms with E-state index in [0.29, 0.717) is 0 Å². The van der Waals surface area contributed by atoms with Gasteiger partial charge in [-0.3, -0.25) is 9.11 Å². The third-order valence-electron chi connectivity index (χ3n) is 0. The fraction of sp³-hybridized carbons (Fsp3) is 0. The molecule has 0 fully saturated rings. The first-order valence-corrected chi connectivity index (χ1v) is 2.10. The van der Waals surface area contributed by atoms with Crippen molar-refractivity contribution in [1.82, 2.24) is 6.15 Å². The summed E-state index contributed by atoms with van der Waals surface area (Å²) in [6, 6.07) is 0. The van der Waals surface area contributed by atoms with E-state index in [4.69, 9.17) is 17.5 Å². The minimum Gasteiger partial charge on any atom is -1.00 e. The fourth-order valence-corrected chi connectivity index (χ4v) is 0. The standard InChI is InChI=1S/K.H3N.H2O4S.H2O.H/c;;1-5(2,3)4;;/h;1H3;(H2,1,2,3,4);1H2;/q+1;;;;-1. The molecule has 0 spiro atoms. The fourth-order valence-electron chi connectivity index (χ4n) is 0. The van der Waals surface area contributed by atoms with Crippen molar-refractivity contribution in [3.63, 3.8) is 0 Å². The Kier molecular flexibility index (Phi) is 23.9. The SMILES string of the molecule is N.O.O=S(=O)(O)O.[H-].[K+]. The van der Waals surface area contributed by atoms with Crippen molar-refractivity contribution in [2.24, 2.45) is 0 Å². The van der Waals surface area contributed by atoms with E-state index in [9.17, 15) is 0 Å². The van der Waals surface area contributed by atoms with E-state index in [1.54, 1.807) is 0 Å². The molecule has 7 N–H and O–H groups in total. The molecule has 50 valence electrons. The molecule has 0 saturated carbocycles. The van der Waals surface area contributed by atoms with E-state index >= 15 is 0 Å². The van der Waals surface area contributed by atoms with Crippen LogP contribution in [-0.2, 0) is 10.4 Å². The van der Waals surface area contributed by atoms with Crippen LogP contribution in [0, 0.1) is 0 Å². The summed E-state index contributed by atoms with van der Waals surface area (Å²) < 4.78 is 31.6. The first-order chi connectivity index (χ1) is 2.00. The average Bonchev–Trinajstić information content (AvgIpc) is 0.722. The van der Waals surface area contributed by atoms with Gasteiger partial charge in [0.25, 0.3) is 0 Å². The van der Waals surface area contributed by atoms with Crippen molar-refractivity contribution in [2.75, 3.05) is 0 Å². The van der Waals surface area contributed by atoms with Crippen molar-refractivity contribution >= 4 is 10.4 Å². The van der Waals surface area contributed by atoms with E-state index in [1.165, 1.54) is 0 Å². The molecule has 0 rings (SSSR count). The minimum atomic E-state index is -4.67. The number of rotatable bonds is 0. The molecular weight excluding hydrogens is 165 g/mol. The third-order valence-corrected chi connectivity index (χ3v) is 0. The maximum absolute atomic E-state index is 8.74. The van der Waals surface area contributed by atoms with Gasteiger partial charge in [0.05, 0.1) is 0 Å². The predicted octanol–water partition coefficient (Wildman–Crippen LogP) is -4.20. The number of hydrogen-bond acceptors (Lipinski definition) is 3. The minimum absolute atomic E-state index is 0. The molecule has 0 saturated heterocycles. The zero-order chi connectivity index (χ0) is 4.50. The Balaban J connectivity index is -0.0000000133. The Morgan fingerprint density at radius 2 is 1.25 bits per heavy atom. The van der Waals surface area contributed by atoms with E-state index in [0.717, 1.165) is 0 Å². The molecule has 6 nitrogen and oxygen atoms in total. The van der Waals surface area contributed by atoms with Crippen LogP contribution in [0.2, 0.25) is 0 Å². The van der Waals surface area contributed by atoms with Crippen LogP contribution in [0.1, 0.15) is 1.43 Å². The zero-order valence-corrected chi connectivity index (χ0v) is 8.27. The summed E-state index contributed by atoms with van der Waals surface area (Å²) in [7, 11) is -4.67. The van der Waals surface area contributed by atoms with Gasteiger partial charge in [-0.1, -0.05) is 0 Å². The second-order valence-corrected chi connectivity index (χ2v) is 1.34. The van der Waals surface area contributed by atoms with Crippen LogP contribution in [0.4, 0.5) is 0 Å². The van der Waals surface area contributed by atoms with Crippen LogP contribution in [-0.4, -0.2) is 23.0 Å². The second kappa shape index (κ2) is 8.43. The van der Waals surface area contributed by atoms with Gasteiger partial charge in [-0.25, -0.2) is 0 Å². The van der Waals surface area contributed by atoms with Gasteiger partial charge in [0.1, 0.15) is 0 Å². The quantitative estimate of drug-likeness (QED) is 0.251. The molecule has 0 aliphatic rings. The van der Waals surface area contributed by atoms with Crippen molar-refractivity contribution in [3.8, 4) is 0 Å². The molecule has 0 radical (unpaired) electrons. The van der Waals surface area contributed by atoms with Crippen LogP contribution in [0.25, 0.3) is 0 Å². The summed E-state index contributed by atoms with van der Waals surface area (Å²) in [6.45, 7) is 0. The molecule has 8 heavy (non-hydrogen) atoms. The van der Waals surface area contributed by atoms with Gasteiger partial charge in [-0.05, 0) is 0 Å². The van der Waals surface area contributed by atoms with Crippen molar-refractivity contribution in [2.45, 2.75) is 0 Å². The molecule has 0 unspecified atom stereocenters. The summed E-state index contributed by atoms with van der Waals surface area (Å²) in [5.41, 5.74) is 0. The van der Waals surface area contributed by atoms with E-state index in [1.807, 2.05) is 0 Å². The Bertz CT molecular complexity index is 100. The topological polar surface area (TPSA) is 141 Å². The van der Waals surface area contributed by atoms with E-state index < -0.39 is 10.4 Å². The molecule has 0 aliphatic carbocycles. The van der Waals surface area contributed by atoms with Crippen LogP contribution in [0.5, 0.6) is 0 Å². The molecule has 0 aromatic rings. The van der Waals surface area contributed by atoms with Gasteiger partial charge < -0.3 is 13.1 Å². The Morgan fingerprint density at radius 1 is 1.25 bits per heavy atom. The molecule has 8 heteroatoms. The van der Waals surface area contributed by atoms with Crippen LogP contribution in [0.15, 0.2) is 0 Å². The first-order valence-electron chi connectivity index (χ1n) is 0.698. The maximum atomic E-state index is 8.74. The van der Waals surface area contributed by atoms with Gasteiger partial charge in [-0.15, -0.1) is 0 Å². The predicted molar refractivity (Wildman–Crippen MR) is 23.9 cm³/mol. The van der Waals surface area contributed by atoms with Crippen LogP contribution >= 0.6 is 0 Å². The molecule has 0 amide bonds. The Hall–Kier alpha value is 1.43. The van der Waals surface area contributed by atoms with E-state index in [2.05, 4.69) is 0 Å². The van der Waals surface area contributed by atoms with Gasteiger partial charge in [0.15, 0.2) is 0 Å². The summed E-state index contributed by atoms with van der Waals surface area (Å²) in [5, 5.41) is 0. The summed E-state index contributed by atoms with van der Waals surface area (Å²) in [4.78, 5) is 0. The van der Waals surface area contributed by atoms with Crippen LogP contribution < -0.4 is 57.5 Å². The zero-order valence-electron chi connectivity index (χ0n) is 5.33. The van der Waals surface area contributed by atoms with Crippen molar-refractivity contribution < 1.29 is 75.8 Å². The monoisotopic (exact) mass is 173 g/mol.